The summed E-state index contributed by atoms with van der Waals surface area (Å²) in [5, 5.41) is 10.0. The number of aromatic nitrogens is 2. The SMILES string of the molecule is Cc1[nH]c(-c2cccc(Cl)c2)nc1C(=O)N1CC(CO)CCC1C. The summed E-state index contributed by atoms with van der Waals surface area (Å²) in [6.45, 7) is 4.59. The standard InChI is InChI=1S/C18H22ClN3O2/c1-11-6-7-13(10-23)9-22(11)18(24)16-12(2)20-17(21-16)14-4-3-5-15(19)8-14/h3-5,8,11,13,23H,6-7,9-10H2,1-2H3,(H,20,21). The Labute approximate surface area is 146 Å². The number of halogens is 1. The summed E-state index contributed by atoms with van der Waals surface area (Å²) in [5.41, 5.74) is 2.04. The van der Waals surface area contributed by atoms with Crippen molar-refractivity contribution in [2.45, 2.75) is 32.7 Å². The number of aryl methyl sites for hydroxylation is 1. The third kappa shape index (κ3) is 3.32. The number of amides is 1. The molecule has 0 radical (unpaired) electrons. The van der Waals surface area contributed by atoms with E-state index in [0.29, 0.717) is 23.1 Å². The topological polar surface area (TPSA) is 69.2 Å². The van der Waals surface area contributed by atoms with Crippen LogP contribution in [0.4, 0.5) is 0 Å². The third-order valence-electron chi connectivity index (χ3n) is 4.68. The zero-order chi connectivity index (χ0) is 17.3. The fourth-order valence-corrected chi connectivity index (χ4v) is 3.38. The number of aliphatic hydroxyl groups excluding tert-OH is 1. The Bertz CT molecular complexity index is 744. The van der Waals surface area contributed by atoms with Crippen molar-refractivity contribution in [3.8, 4) is 11.4 Å². The highest BCUT2D eigenvalue weighted by atomic mass is 35.5. The van der Waals surface area contributed by atoms with Crippen LogP contribution >= 0.6 is 11.6 Å². The molecule has 2 N–H and O–H groups in total. The Morgan fingerprint density at radius 3 is 2.96 bits per heavy atom. The number of piperidine rings is 1. The molecule has 0 saturated carbocycles. The highest BCUT2D eigenvalue weighted by Crippen LogP contribution is 2.26. The van der Waals surface area contributed by atoms with Gasteiger partial charge >= 0.3 is 0 Å². The van der Waals surface area contributed by atoms with E-state index in [0.717, 1.165) is 24.1 Å². The lowest BCUT2D eigenvalue weighted by molar-refractivity contribution is 0.0483. The van der Waals surface area contributed by atoms with Crippen molar-refractivity contribution in [1.82, 2.24) is 14.9 Å². The van der Waals surface area contributed by atoms with Crippen LogP contribution < -0.4 is 0 Å². The van der Waals surface area contributed by atoms with Crippen molar-refractivity contribution in [2.75, 3.05) is 13.2 Å². The van der Waals surface area contributed by atoms with Gasteiger partial charge in [0, 0.05) is 35.5 Å². The van der Waals surface area contributed by atoms with E-state index in [-0.39, 0.29) is 24.5 Å². The average molecular weight is 348 g/mol. The van der Waals surface area contributed by atoms with Crippen LogP contribution in [0.1, 0.15) is 35.9 Å². The van der Waals surface area contributed by atoms with Crippen LogP contribution in [0.15, 0.2) is 24.3 Å². The number of carbonyl (C=O) groups excluding carboxylic acids is 1. The molecule has 1 saturated heterocycles. The Kier molecular flexibility index (Phi) is 4.92. The number of carbonyl (C=O) groups is 1. The van der Waals surface area contributed by atoms with Gasteiger partial charge in [0.1, 0.15) is 11.5 Å². The molecule has 2 heterocycles. The normalized spacial score (nSPS) is 21.1. The highest BCUT2D eigenvalue weighted by Gasteiger charge is 2.31. The number of H-pyrrole nitrogens is 1. The number of aromatic amines is 1. The lowest BCUT2D eigenvalue weighted by Gasteiger charge is -2.37. The summed E-state index contributed by atoms with van der Waals surface area (Å²) in [6, 6.07) is 7.54. The summed E-state index contributed by atoms with van der Waals surface area (Å²) in [5.74, 6) is 0.709. The summed E-state index contributed by atoms with van der Waals surface area (Å²) < 4.78 is 0. The number of nitrogens with zero attached hydrogens (tertiary/aromatic N) is 2. The maximum atomic E-state index is 12.9. The quantitative estimate of drug-likeness (QED) is 0.895. The molecule has 2 atom stereocenters. The molecular formula is C18H22ClN3O2. The van der Waals surface area contributed by atoms with E-state index in [1.54, 1.807) is 6.07 Å². The zero-order valence-corrected chi connectivity index (χ0v) is 14.7. The summed E-state index contributed by atoms with van der Waals surface area (Å²) in [6.07, 6.45) is 1.86. The lowest BCUT2D eigenvalue weighted by atomic mass is 9.94. The molecule has 1 aromatic carbocycles. The number of hydrogen-bond donors (Lipinski definition) is 2. The van der Waals surface area contributed by atoms with Crippen LogP contribution in [-0.4, -0.2) is 45.1 Å². The summed E-state index contributed by atoms with van der Waals surface area (Å²) in [7, 11) is 0. The van der Waals surface area contributed by atoms with Crippen LogP contribution in [-0.2, 0) is 0 Å². The highest BCUT2D eigenvalue weighted by molar-refractivity contribution is 6.30. The van der Waals surface area contributed by atoms with Gasteiger partial charge in [-0.25, -0.2) is 4.98 Å². The van der Waals surface area contributed by atoms with E-state index in [1.165, 1.54) is 0 Å². The van der Waals surface area contributed by atoms with Gasteiger partial charge in [0.25, 0.3) is 5.91 Å². The summed E-state index contributed by atoms with van der Waals surface area (Å²) in [4.78, 5) is 22.5. The molecule has 2 aromatic rings. The molecule has 2 unspecified atom stereocenters. The van der Waals surface area contributed by atoms with Gasteiger partial charge in [0.15, 0.2) is 0 Å². The minimum absolute atomic E-state index is 0.0809. The fourth-order valence-electron chi connectivity index (χ4n) is 3.19. The molecule has 1 amide bonds. The van der Waals surface area contributed by atoms with E-state index in [4.69, 9.17) is 11.6 Å². The van der Waals surface area contributed by atoms with Crippen molar-refractivity contribution in [3.05, 3.63) is 40.7 Å². The molecule has 128 valence electrons. The number of nitrogens with one attached hydrogen (secondary N) is 1. The number of aliphatic hydroxyl groups is 1. The van der Waals surface area contributed by atoms with Crippen LogP contribution in [0.3, 0.4) is 0 Å². The largest absolute Gasteiger partial charge is 0.396 e. The fraction of sp³-hybridized carbons (Fsp3) is 0.444. The van der Waals surface area contributed by atoms with E-state index in [1.807, 2.05) is 36.9 Å². The number of rotatable bonds is 3. The van der Waals surface area contributed by atoms with Crippen molar-refractivity contribution in [3.63, 3.8) is 0 Å². The number of hydrogen-bond acceptors (Lipinski definition) is 3. The van der Waals surface area contributed by atoms with E-state index in [2.05, 4.69) is 9.97 Å². The zero-order valence-electron chi connectivity index (χ0n) is 13.9. The number of benzene rings is 1. The van der Waals surface area contributed by atoms with Gasteiger partial charge in [-0.3, -0.25) is 4.79 Å². The first-order chi connectivity index (χ1) is 11.5. The average Bonchev–Trinajstić information content (AvgIpc) is 2.96. The van der Waals surface area contributed by atoms with E-state index in [9.17, 15) is 9.90 Å². The van der Waals surface area contributed by atoms with Gasteiger partial charge in [-0.2, -0.15) is 0 Å². The second-order valence-corrected chi connectivity index (χ2v) is 6.94. The Morgan fingerprint density at radius 2 is 2.25 bits per heavy atom. The van der Waals surface area contributed by atoms with Gasteiger partial charge in [-0.05, 0) is 44.7 Å². The smallest absolute Gasteiger partial charge is 0.274 e. The Hall–Kier alpha value is -1.85. The maximum absolute atomic E-state index is 12.9. The third-order valence-corrected chi connectivity index (χ3v) is 4.92. The van der Waals surface area contributed by atoms with Gasteiger partial charge < -0.3 is 15.0 Å². The first-order valence-electron chi connectivity index (χ1n) is 8.24. The van der Waals surface area contributed by atoms with E-state index >= 15 is 0 Å². The van der Waals surface area contributed by atoms with Crippen LogP contribution in [0, 0.1) is 12.8 Å². The predicted molar refractivity (Wildman–Crippen MR) is 94.1 cm³/mol. The molecule has 1 aromatic heterocycles. The lowest BCUT2D eigenvalue weighted by Crippen LogP contribution is -2.46. The Balaban J connectivity index is 1.88. The first kappa shape index (κ1) is 17.0. The second-order valence-electron chi connectivity index (χ2n) is 6.50. The van der Waals surface area contributed by atoms with Crippen molar-refractivity contribution in [1.29, 1.82) is 0 Å². The van der Waals surface area contributed by atoms with Gasteiger partial charge in [0.05, 0.1) is 0 Å². The number of likely N-dealkylation sites (tertiary alicyclic amines) is 1. The van der Waals surface area contributed by atoms with Crippen LogP contribution in [0.2, 0.25) is 5.02 Å². The molecule has 0 bridgehead atoms. The minimum atomic E-state index is -0.0809. The minimum Gasteiger partial charge on any atom is -0.396 e. The van der Waals surface area contributed by atoms with Gasteiger partial charge in [0.2, 0.25) is 0 Å². The predicted octanol–water partition coefficient (Wildman–Crippen LogP) is 3.27. The molecule has 6 heteroatoms. The second kappa shape index (κ2) is 6.95. The van der Waals surface area contributed by atoms with Gasteiger partial charge in [-0.15, -0.1) is 0 Å². The molecule has 0 spiro atoms. The molecule has 1 aliphatic rings. The van der Waals surface area contributed by atoms with Crippen molar-refractivity contribution < 1.29 is 9.90 Å². The molecule has 3 rings (SSSR count). The monoisotopic (exact) mass is 347 g/mol. The molecule has 0 aliphatic carbocycles. The summed E-state index contributed by atoms with van der Waals surface area (Å²) >= 11 is 6.04. The van der Waals surface area contributed by atoms with E-state index < -0.39 is 0 Å². The van der Waals surface area contributed by atoms with Crippen LogP contribution in [0.25, 0.3) is 11.4 Å². The molecule has 24 heavy (non-hydrogen) atoms. The Morgan fingerprint density at radius 1 is 1.46 bits per heavy atom. The van der Waals surface area contributed by atoms with Crippen molar-refractivity contribution >= 4 is 17.5 Å². The molecular weight excluding hydrogens is 326 g/mol. The number of imidazole rings is 1. The van der Waals surface area contributed by atoms with Crippen molar-refractivity contribution in [2.24, 2.45) is 5.92 Å². The van der Waals surface area contributed by atoms with Crippen LogP contribution in [0.5, 0.6) is 0 Å². The molecule has 1 aliphatic heterocycles. The first-order valence-corrected chi connectivity index (χ1v) is 8.61. The molecule has 5 nitrogen and oxygen atoms in total. The maximum Gasteiger partial charge on any atom is 0.274 e. The molecule has 1 fully saturated rings. The van der Waals surface area contributed by atoms with Gasteiger partial charge in [-0.1, -0.05) is 23.7 Å².